The second kappa shape index (κ2) is 7.34. The van der Waals surface area contributed by atoms with Crippen LogP contribution in [-0.2, 0) is 0 Å². The topological polar surface area (TPSA) is 15.3 Å². The summed E-state index contributed by atoms with van der Waals surface area (Å²) >= 11 is 0. The molecule has 80 valence electrons. The Hall–Kier alpha value is -0.0800. The van der Waals surface area contributed by atoms with Gasteiger partial charge >= 0.3 is 0 Å². The van der Waals surface area contributed by atoms with E-state index in [1.165, 1.54) is 19.4 Å². The molecule has 0 radical (unpaired) electrons. The van der Waals surface area contributed by atoms with E-state index in [1.54, 1.807) is 0 Å². The molecule has 2 heteroatoms. The summed E-state index contributed by atoms with van der Waals surface area (Å²) in [7, 11) is 4.25. The Kier molecular flexibility index (Phi) is 7.29. The van der Waals surface area contributed by atoms with E-state index in [0.717, 1.165) is 12.5 Å². The van der Waals surface area contributed by atoms with Gasteiger partial charge in [0.1, 0.15) is 0 Å². The van der Waals surface area contributed by atoms with Gasteiger partial charge in [0.25, 0.3) is 0 Å². The minimum atomic E-state index is 0.669. The SMILES string of the molecule is CC(C)C[C@H](C)NCCCN(C)C. The first-order valence-corrected chi connectivity index (χ1v) is 5.40. The zero-order chi connectivity index (χ0) is 10.3. The molecule has 13 heavy (non-hydrogen) atoms. The maximum Gasteiger partial charge on any atom is 0.00411 e. The molecule has 1 atom stereocenters. The molecule has 0 unspecified atom stereocenters. The number of hydrogen-bond donors (Lipinski definition) is 1. The van der Waals surface area contributed by atoms with Crippen LogP contribution in [0.4, 0.5) is 0 Å². The van der Waals surface area contributed by atoms with Crippen molar-refractivity contribution in [3.63, 3.8) is 0 Å². The summed E-state index contributed by atoms with van der Waals surface area (Å²) < 4.78 is 0. The average molecular weight is 186 g/mol. The fraction of sp³-hybridized carbons (Fsp3) is 1.00. The van der Waals surface area contributed by atoms with E-state index < -0.39 is 0 Å². The van der Waals surface area contributed by atoms with Crippen molar-refractivity contribution in [2.24, 2.45) is 5.92 Å². The van der Waals surface area contributed by atoms with Crippen molar-refractivity contribution < 1.29 is 0 Å². The van der Waals surface area contributed by atoms with Crippen LogP contribution >= 0.6 is 0 Å². The van der Waals surface area contributed by atoms with Crippen molar-refractivity contribution in [2.45, 2.75) is 39.7 Å². The van der Waals surface area contributed by atoms with Crippen LogP contribution in [0.1, 0.15) is 33.6 Å². The lowest BCUT2D eigenvalue weighted by atomic mass is 10.1. The van der Waals surface area contributed by atoms with E-state index in [0.29, 0.717) is 6.04 Å². The fourth-order valence-corrected chi connectivity index (χ4v) is 1.53. The van der Waals surface area contributed by atoms with Gasteiger partial charge < -0.3 is 10.2 Å². The maximum absolute atomic E-state index is 3.54. The van der Waals surface area contributed by atoms with Crippen LogP contribution in [0.2, 0.25) is 0 Å². The molecule has 0 aromatic carbocycles. The molecule has 2 nitrogen and oxygen atoms in total. The highest BCUT2D eigenvalue weighted by Crippen LogP contribution is 2.03. The highest BCUT2D eigenvalue weighted by Gasteiger charge is 2.03. The van der Waals surface area contributed by atoms with Crippen molar-refractivity contribution >= 4 is 0 Å². The van der Waals surface area contributed by atoms with Gasteiger partial charge in [-0.3, -0.25) is 0 Å². The summed E-state index contributed by atoms with van der Waals surface area (Å²) in [5.41, 5.74) is 0. The Labute approximate surface area is 83.7 Å². The van der Waals surface area contributed by atoms with Gasteiger partial charge in [-0.05, 0) is 52.9 Å². The van der Waals surface area contributed by atoms with Gasteiger partial charge in [-0.25, -0.2) is 0 Å². The van der Waals surface area contributed by atoms with E-state index in [2.05, 4.69) is 45.1 Å². The van der Waals surface area contributed by atoms with Crippen LogP contribution in [0.15, 0.2) is 0 Å². The summed E-state index contributed by atoms with van der Waals surface area (Å²) in [6, 6.07) is 0.669. The van der Waals surface area contributed by atoms with Crippen LogP contribution in [0.25, 0.3) is 0 Å². The Balaban J connectivity index is 3.22. The first-order valence-electron chi connectivity index (χ1n) is 5.40. The molecule has 0 saturated heterocycles. The molecule has 0 aromatic heterocycles. The number of hydrogen-bond acceptors (Lipinski definition) is 2. The predicted octanol–water partition coefficient (Wildman–Crippen LogP) is 1.96. The third kappa shape index (κ3) is 9.84. The highest BCUT2D eigenvalue weighted by molar-refractivity contribution is 4.62. The molecule has 0 bridgehead atoms. The fourth-order valence-electron chi connectivity index (χ4n) is 1.53. The van der Waals surface area contributed by atoms with Gasteiger partial charge in [-0.15, -0.1) is 0 Å². The van der Waals surface area contributed by atoms with Crippen LogP contribution in [0.3, 0.4) is 0 Å². The lowest BCUT2D eigenvalue weighted by Gasteiger charge is -2.16. The Bertz CT molecular complexity index is 111. The summed E-state index contributed by atoms with van der Waals surface area (Å²) in [4.78, 5) is 2.23. The molecule has 0 heterocycles. The van der Waals surface area contributed by atoms with Crippen molar-refractivity contribution in [2.75, 3.05) is 27.2 Å². The molecule has 0 aromatic rings. The Morgan fingerprint density at radius 2 is 1.77 bits per heavy atom. The second-order valence-corrected chi connectivity index (χ2v) is 4.64. The van der Waals surface area contributed by atoms with Gasteiger partial charge in [-0.1, -0.05) is 13.8 Å². The smallest absolute Gasteiger partial charge is 0.00411 e. The molecule has 0 aliphatic rings. The normalized spacial score (nSPS) is 14.1. The molecule has 0 aliphatic carbocycles. The predicted molar refractivity (Wildman–Crippen MR) is 60.1 cm³/mol. The van der Waals surface area contributed by atoms with Crippen molar-refractivity contribution in [3.05, 3.63) is 0 Å². The van der Waals surface area contributed by atoms with Gasteiger partial charge in [0, 0.05) is 6.04 Å². The maximum atomic E-state index is 3.54. The van der Waals surface area contributed by atoms with Crippen molar-refractivity contribution in [3.8, 4) is 0 Å². The molecule has 0 spiro atoms. The molecule has 0 fully saturated rings. The summed E-state index contributed by atoms with van der Waals surface area (Å²) in [6.45, 7) is 9.15. The van der Waals surface area contributed by atoms with Gasteiger partial charge in [0.2, 0.25) is 0 Å². The minimum absolute atomic E-state index is 0.669. The molecule has 0 aliphatic heterocycles. The molecule has 0 saturated carbocycles. The van der Waals surface area contributed by atoms with Crippen LogP contribution in [0, 0.1) is 5.92 Å². The first kappa shape index (κ1) is 12.9. The lowest BCUT2D eigenvalue weighted by molar-refractivity contribution is 0.377. The molecule has 1 N–H and O–H groups in total. The van der Waals surface area contributed by atoms with Crippen molar-refractivity contribution in [1.29, 1.82) is 0 Å². The zero-order valence-corrected chi connectivity index (χ0v) is 9.93. The minimum Gasteiger partial charge on any atom is -0.314 e. The second-order valence-electron chi connectivity index (χ2n) is 4.64. The molecular formula is C11H26N2. The number of rotatable bonds is 7. The van der Waals surface area contributed by atoms with Crippen LogP contribution < -0.4 is 5.32 Å². The third-order valence-electron chi connectivity index (χ3n) is 2.10. The quantitative estimate of drug-likeness (QED) is 0.612. The Morgan fingerprint density at radius 3 is 2.23 bits per heavy atom. The number of nitrogens with zero attached hydrogens (tertiary/aromatic N) is 1. The standard InChI is InChI=1S/C11H26N2/c1-10(2)9-11(3)12-7-6-8-13(4)5/h10-12H,6-9H2,1-5H3/t11-/m0/s1. The average Bonchev–Trinajstić information content (AvgIpc) is 1.96. The summed E-state index contributed by atoms with van der Waals surface area (Å²) in [5.74, 6) is 0.802. The van der Waals surface area contributed by atoms with E-state index in [-0.39, 0.29) is 0 Å². The van der Waals surface area contributed by atoms with Crippen molar-refractivity contribution in [1.82, 2.24) is 10.2 Å². The van der Waals surface area contributed by atoms with Gasteiger partial charge in [-0.2, -0.15) is 0 Å². The first-order chi connectivity index (χ1) is 6.02. The highest BCUT2D eigenvalue weighted by atomic mass is 15.1. The van der Waals surface area contributed by atoms with E-state index in [4.69, 9.17) is 0 Å². The summed E-state index contributed by atoms with van der Waals surface area (Å²) in [6.07, 6.45) is 2.53. The molecular weight excluding hydrogens is 160 g/mol. The van der Waals surface area contributed by atoms with Gasteiger partial charge in [0.15, 0.2) is 0 Å². The molecule has 0 rings (SSSR count). The van der Waals surface area contributed by atoms with E-state index in [9.17, 15) is 0 Å². The van der Waals surface area contributed by atoms with E-state index >= 15 is 0 Å². The number of nitrogens with one attached hydrogen (secondary N) is 1. The summed E-state index contributed by atoms with van der Waals surface area (Å²) in [5, 5.41) is 3.54. The molecule has 0 amide bonds. The van der Waals surface area contributed by atoms with Crippen LogP contribution in [-0.4, -0.2) is 38.1 Å². The Morgan fingerprint density at radius 1 is 1.15 bits per heavy atom. The third-order valence-corrected chi connectivity index (χ3v) is 2.10. The largest absolute Gasteiger partial charge is 0.314 e. The van der Waals surface area contributed by atoms with Crippen LogP contribution in [0.5, 0.6) is 0 Å². The zero-order valence-electron chi connectivity index (χ0n) is 9.93. The monoisotopic (exact) mass is 186 g/mol. The lowest BCUT2D eigenvalue weighted by Crippen LogP contribution is -2.30. The van der Waals surface area contributed by atoms with Gasteiger partial charge in [0.05, 0.1) is 0 Å². The van der Waals surface area contributed by atoms with E-state index in [1.807, 2.05) is 0 Å².